The summed E-state index contributed by atoms with van der Waals surface area (Å²) >= 11 is 6.25. The summed E-state index contributed by atoms with van der Waals surface area (Å²) in [5.41, 5.74) is 1.23. The fourth-order valence-corrected chi connectivity index (χ4v) is 3.20. The molecule has 2 heteroatoms. The SMILES string of the molecule is OCCC(c1ccccc1Cl)C1CCCC1. The topological polar surface area (TPSA) is 20.2 Å². The predicted molar refractivity (Wildman–Crippen MR) is 67.9 cm³/mol. The molecule has 1 nitrogen and oxygen atoms in total. The highest BCUT2D eigenvalue weighted by Crippen LogP contribution is 2.41. The quantitative estimate of drug-likeness (QED) is 0.841. The van der Waals surface area contributed by atoms with E-state index in [0.29, 0.717) is 11.8 Å². The third kappa shape index (κ3) is 2.58. The van der Waals surface area contributed by atoms with Crippen molar-refractivity contribution in [2.45, 2.75) is 38.0 Å². The number of rotatable bonds is 4. The summed E-state index contributed by atoms with van der Waals surface area (Å²) in [6.45, 7) is 0.256. The van der Waals surface area contributed by atoms with Gasteiger partial charge in [0.05, 0.1) is 0 Å². The lowest BCUT2D eigenvalue weighted by molar-refractivity contribution is 0.254. The van der Waals surface area contributed by atoms with Gasteiger partial charge < -0.3 is 5.11 Å². The molecule has 1 aromatic rings. The van der Waals surface area contributed by atoms with Crippen LogP contribution in [0.4, 0.5) is 0 Å². The third-order valence-corrected chi connectivity index (χ3v) is 4.06. The van der Waals surface area contributed by atoms with Gasteiger partial charge in [-0.25, -0.2) is 0 Å². The second-order valence-corrected chi connectivity index (χ2v) is 5.09. The van der Waals surface area contributed by atoms with E-state index in [2.05, 4.69) is 6.07 Å². The number of aliphatic hydroxyl groups is 1. The van der Waals surface area contributed by atoms with Crippen molar-refractivity contribution < 1.29 is 5.11 Å². The van der Waals surface area contributed by atoms with E-state index in [1.807, 2.05) is 18.2 Å². The van der Waals surface area contributed by atoms with E-state index in [4.69, 9.17) is 11.6 Å². The molecule has 0 radical (unpaired) electrons. The molecule has 88 valence electrons. The molecule has 0 spiro atoms. The fourth-order valence-electron chi connectivity index (χ4n) is 2.92. The van der Waals surface area contributed by atoms with Crippen LogP contribution in [0, 0.1) is 5.92 Å². The minimum atomic E-state index is 0.256. The maximum absolute atomic E-state index is 9.21. The van der Waals surface area contributed by atoms with Gasteiger partial charge in [0.1, 0.15) is 0 Å². The van der Waals surface area contributed by atoms with Gasteiger partial charge in [0.15, 0.2) is 0 Å². The second-order valence-electron chi connectivity index (χ2n) is 4.68. The maximum atomic E-state index is 9.21. The number of halogens is 1. The summed E-state index contributed by atoms with van der Waals surface area (Å²) in [5, 5.41) is 10.1. The molecule has 1 aromatic carbocycles. The molecule has 2 rings (SSSR count). The highest BCUT2D eigenvalue weighted by molar-refractivity contribution is 6.31. The van der Waals surface area contributed by atoms with E-state index >= 15 is 0 Å². The van der Waals surface area contributed by atoms with Crippen LogP contribution in [0.3, 0.4) is 0 Å². The number of hydrogen-bond donors (Lipinski definition) is 1. The molecule has 0 saturated heterocycles. The Bertz CT molecular complexity index is 331. The molecular formula is C14H19ClO. The predicted octanol–water partition coefficient (Wildman–Crippen LogP) is 4.00. The van der Waals surface area contributed by atoms with Crippen molar-refractivity contribution >= 4 is 11.6 Å². The Morgan fingerprint density at radius 2 is 1.94 bits per heavy atom. The van der Waals surface area contributed by atoms with Gasteiger partial charge in [0, 0.05) is 11.6 Å². The zero-order chi connectivity index (χ0) is 11.4. The average molecular weight is 239 g/mol. The summed E-state index contributed by atoms with van der Waals surface area (Å²) < 4.78 is 0. The van der Waals surface area contributed by atoms with Crippen LogP contribution in [0.25, 0.3) is 0 Å². The van der Waals surface area contributed by atoms with Crippen molar-refractivity contribution in [3.63, 3.8) is 0 Å². The first-order valence-corrected chi connectivity index (χ1v) is 6.56. The Morgan fingerprint density at radius 1 is 1.25 bits per heavy atom. The zero-order valence-corrected chi connectivity index (χ0v) is 10.3. The Kier molecular flexibility index (Phi) is 4.25. The lowest BCUT2D eigenvalue weighted by atomic mass is 9.83. The van der Waals surface area contributed by atoms with Gasteiger partial charge in [-0.1, -0.05) is 42.6 Å². The van der Waals surface area contributed by atoms with Crippen LogP contribution in [-0.2, 0) is 0 Å². The summed E-state index contributed by atoms with van der Waals surface area (Å²) in [6, 6.07) is 8.08. The molecule has 1 unspecified atom stereocenters. The maximum Gasteiger partial charge on any atom is 0.0440 e. The first kappa shape index (κ1) is 11.9. The lowest BCUT2D eigenvalue weighted by Crippen LogP contribution is -2.12. The van der Waals surface area contributed by atoms with Crippen LogP contribution < -0.4 is 0 Å². The highest BCUT2D eigenvalue weighted by atomic mass is 35.5. The molecule has 1 aliphatic carbocycles. The molecule has 0 heterocycles. The largest absolute Gasteiger partial charge is 0.396 e. The summed E-state index contributed by atoms with van der Waals surface area (Å²) in [4.78, 5) is 0. The normalized spacial score (nSPS) is 18.9. The second kappa shape index (κ2) is 5.70. The van der Waals surface area contributed by atoms with Crippen LogP contribution in [-0.4, -0.2) is 11.7 Å². The van der Waals surface area contributed by atoms with E-state index in [0.717, 1.165) is 11.4 Å². The Labute approximate surface area is 102 Å². The standard InChI is InChI=1S/C14H19ClO/c15-14-8-4-3-7-13(14)12(9-10-16)11-5-1-2-6-11/h3-4,7-8,11-12,16H,1-2,5-6,9-10H2. The molecule has 1 atom stereocenters. The fraction of sp³-hybridized carbons (Fsp3) is 0.571. The van der Waals surface area contributed by atoms with Gasteiger partial charge in [0.2, 0.25) is 0 Å². The van der Waals surface area contributed by atoms with E-state index in [9.17, 15) is 5.11 Å². The van der Waals surface area contributed by atoms with Gasteiger partial charge in [-0.05, 0) is 42.7 Å². The van der Waals surface area contributed by atoms with Crippen LogP contribution in [0.15, 0.2) is 24.3 Å². The van der Waals surface area contributed by atoms with Crippen molar-refractivity contribution in [2.75, 3.05) is 6.61 Å². The molecule has 16 heavy (non-hydrogen) atoms. The van der Waals surface area contributed by atoms with Crippen LogP contribution in [0.1, 0.15) is 43.6 Å². The van der Waals surface area contributed by atoms with E-state index in [1.165, 1.54) is 31.2 Å². The molecule has 0 amide bonds. The van der Waals surface area contributed by atoms with Gasteiger partial charge in [-0.3, -0.25) is 0 Å². The molecule has 1 aliphatic rings. The van der Waals surface area contributed by atoms with Gasteiger partial charge in [-0.2, -0.15) is 0 Å². The van der Waals surface area contributed by atoms with Crippen molar-refractivity contribution in [1.29, 1.82) is 0 Å². The van der Waals surface area contributed by atoms with Crippen molar-refractivity contribution in [2.24, 2.45) is 5.92 Å². The minimum Gasteiger partial charge on any atom is -0.396 e. The molecule has 0 aliphatic heterocycles. The van der Waals surface area contributed by atoms with Crippen LogP contribution in [0.5, 0.6) is 0 Å². The monoisotopic (exact) mass is 238 g/mol. The molecule has 1 N–H and O–H groups in total. The Balaban J connectivity index is 2.21. The highest BCUT2D eigenvalue weighted by Gasteiger charge is 2.26. The zero-order valence-electron chi connectivity index (χ0n) is 9.53. The van der Waals surface area contributed by atoms with Crippen molar-refractivity contribution in [3.8, 4) is 0 Å². The lowest BCUT2D eigenvalue weighted by Gasteiger charge is -2.24. The number of benzene rings is 1. The van der Waals surface area contributed by atoms with E-state index in [1.54, 1.807) is 0 Å². The summed E-state index contributed by atoms with van der Waals surface area (Å²) in [5.74, 6) is 1.16. The van der Waals surface area contributed by atoms with Crippen molar-refractivity contribution in [3.05, 3.63) is 34.9 Å². The smallest absolute Gasteiger partial charge is 0.0440 e. The van der Waals surface area contributed by atoms with E-state index in [-0.39, 0.29) is 6.61 Å². The van der Waals surface area contributed by atoms with Crippen LogP contribution in [0.2, 0.25) is 5.02 Å². The third-order valence-electron chi connectivity index (χ3n) is 3.71. The van der Waals surface area contributed by atoms with Gasteiger partial charge >= 0.3 is 0 Å². The average Bonchev–Trinajstić information content (AvgIpc) is 2.80. The molecule has 0 aromatic heterocycles. The molecular weight excluding hydrogens is 220 g/mol. The Morgan fingerprint density at radius 3 is 2.56 bits per heavy atom. The minimum absolute atomic E-state index is 0.256. The first-order valence-electron chi connectivity index (χ1n) is 6.18. The number of aliphatic hydroxyl groups excluding tert-OH is 1. The van der Waals surface area contributed by atoms with Crippen molar-refractivity contribution in [1.82, 2.24) is 0 Å². The van der Waals surface area contributed by atoms with Gasteiger partial charge in [-0.15, -0.1) is 0 Å². The first-order chi connectivity index (χ1) is 7.83. The Hall–Kier alpha value is -0.530. The van der Waals surface area contributed by atoms with Crippen LogP contribution >= 0.6 is 11.6 Å². The van der Waals surface area contributed by atoms with Gasteiger partial charge in [0.25, 0.3) is 0 Å². The number of hydrogen-bond acceptors (Lipinski definition) is 1. The van der Waals surface area contributed by atoms with E-state index < -0.39 is 0 Å². The summed E-state index contributed by atoms with van der Waals surface area (Å²) in [6.07, 6.45) is 6.08. The molecule has 1 saturated carbocycles. The molecule has 0 bridgehead atoms. The molecule has 1 fully saturated rings. The summed E-state index contributed by atoms with van der Waals surface area (Å²) in [7, 11) is 0.